The smallest absolute Gasteiger partial charge is 0.335 e. The predicted molar refractivity (Wildman–Crippen MR) is 75.4 cm³/mol. The number of rotatable bonds is 3. The minimum Gasteiger partial charge on any atom is -0.478 e. The summed E-state index contributed by atoms with van der Waals surface area (Å²) >= 11 is 1.27. The molecule has 0 aliphatic carbocycles. The molecule has 0 saturated carbocycles. The molecule has 1 heterocycles. The van der Waals surface area contributed by atoms with E-state index in [1.165, 1.54) is 23.5 Å². The average Bonchev–Trinajstić information content (AvgIpc) is 2.77. The maximum Gasteiger partial charge on any atom is 0.335 e. The fourth-order valence-electron chi connectivity index (χ4n) is 1.53. The Morgan fingerprint density at radius 3 is 2.50 bits per heavy atom. The number of carboxylic acids is 1. The van der Waals surface area contributed by atoms with Gasteiger partial charge in [0.15, 0.2) is 0 Å². The third-order valence-electron chi connectivity index (χ3n) is 2.47. The molecule has 1 aromatic carbocycles. The standard InChI is InChI=1S/C12H12N4O3S/c1-6-5-8(10(17)18)3-4-9(6)13-11(19)14-12-16-15-7(2)20-12/h3-5H,1-2H3,(H,17,18)(H2,13,14,16,19). The van der Waals surface area contributed by atoms with Gasteiger partial charge in [0, 0.05) is 5.69 Å². The molecule has 8 heteroatoms. The van der Waals surface area contributed by atoms with Crippen molar-refractivity contribution in [3.05, 3.63) is 34.3 Å². The van der Waals surface area contributed by atoms with Crippen molar-refractivity contribution < 1.29 is 14.7 Å². The summed E-state index contributed by atoms with van der Waals surface area (Å²) in [4.78, 5) is 22.6. The summed E-state index contributed by atoms with van der Waals surface area (Å²) < 4.78 is 0. The highest BCUT2D eigenvalue weighted by molar-refractivity contribution is 7.15. The van der Waals surface area contributed by atoms with Gasteiger partial charge >= 0.3 is 12.0 Å². The Labute approximate surface area is 118 Å². The maximum atomic E-state index is 11.8. The number of aryl methyl sites for hydroxylation is 2. The van der Waals surface area contributed by atoms with Crippen LogP contribution in [0.3, 0.4) is 0 Å². The number of hydrogen-bond acceptors (Lipinski definition) is 5. The second kappa shape index (κ2) is 5.66. The summed E-state index contributed by atoms with van der Waals surface area (Å²) in [7, 11) is 0. The summed E-state index contributed by atoms with van der Waals surface area (Å²) in [6.45, 7) is 3.51. The molecule has 0 unspecified atom stereocenters. The molecule has 0 saturated heterocycles. The van der Waals surface area contributed by atoms with Crippen molar-refractivity contribution in [1.82, 2.24) is 10.2 Å². The fourth-order valence-corrected chi connectivity index (χ4v) is 2.12. The van der Waals surface area contributed by atoms with Gasteiger partial charge in [-0.05, 0) is 37.6 Å². The first-order chi connectivity index (χ1) is 9.45. The van der Waals surface area contributed by atoms with E-state index in [9.17, 15) is 9.59 Å². The highest BCUT2D eigenvalue weighted by Gasteiger charge is 2.10. The lowest BCUT2D eigenvalue weighted by Gasteiger charge is -2.08. The number of amides is 2. The molecule has 0 bridgehead atoms. The van der Waals surface area contributed by atoms with Crippen LogP contribution in [0.4, 0.5) is 15.6 Å². The van der Waals surface area contributed by atoms with Crippen LogP contribution in [0, 0.1) is 13.8 Å². The van der Waals surface area contributed by atoms with Crippen molar-refractivity contribution in [2.45, 2.75) is 13.8 Å². The molecule has 3 N–H and O–H groups in total. The number of anilines is 2. The number of benzene rings is 1. The number of nitrogens with zero attached hydrogens (tertiary/aromatic N) is 2. The number of carboxylic acid groups (broad SMARTS) is 1. The molecule has 0 atom stereocenters. The van der Waals surface area contributed by atoms with Gasteiger partial charge in [0.2, 0.25) is 5.13 Å². The number of carbonyl (C=O) groups excluding carboxylic acids is 1. The van der Waals surface area contributed by atoms with Gasteiger partial charge in [0.25, 0.3) is 0 Å². The number of aromatic nitrogens is 2. The Bertz CT molecular complexity index is 668. The first-order valence-corrected chi connectivity index (χ1v) is 6.49. The monoisotopic (exact) mass is 292 g/mol. The van der Waals surface area contributed by atoms with Crippen molar-refractivity contribution >= 4 is 34.2 Å². The van der Waals surface area contributed by atoms with E-state index < -0.39 is 12.0 Å². The summed E-state index contributed by atoms with van der Waals surface area (Å²) in [5.41, 5.74) is 1.37. The molecule has 20 heavy (non-hydrogen) atoms. The zero-order chi connectivity index (χ0) is 14.7. The Hall–Kier alpha value is -2.48. The largest absolute Gasteiger partial charge is 0.478 e. The van der Waals surface area contributed by atoms with Gasteiger partial charge < -0.3 is 10.4 Å². The fraction of sp³-hybridized carbons (Fsp3) is 0.167. The van der Waals surface area contributed by atoms with Crippen molar-refractivity contribution in [2.24, 2.45) is 0 Å². The molecule has 0 fully saturated rings. The molecule has 104 valence electrons. The van der Waals surface area contributed by atoms with Gasteiger partial charge in [0.1, 0.15) is 5.01 Å². The Balaban J connectivity index is 2.06. The quantitative estimate of drug-likeness (QED) is 0.806. The Kier molecular flexibility index (Phi) is 3.94. The molecule has 1 aromatic heterocycles. The van der Waals surface area contributed by atoms with Crippen molar-refractivity contribution in [2.75, 3.05) is 10.6 Å². The second-order valence-corrected chi connectivity index (χ2v) is 5.22. The van der Waals surface area contributed by atoms with Gasteiger partial charge in [-0.25, -0.2) is 9.59 Å². The van der Waals surface area contributed by atoms with Crippen LogP contribution in [-0.2, 0) is 0 Å². The molecular weight excluding hydrogens is 280 g/mol. The van der Waals surface area contributed by atoms with Crippen molar-refractivity contribution in [3.63, 3.8) is 0 Å². The molecule has 2 rings (SSSR count). The van der Waals surface area contributed by atoms with E-state index in [1.807, 2.05) is 0 Å². The molecule has 2 aromatic rings. The van der Waals surface area contributed by atoms with E-state index in [0.717, 1.165) is 5.01 Å². The lowest BCUT2D eigenvalue weighted by molar-refractivity contribution is 0.0697. The molecule has 2 amide bonds. The molecule has 7 nitrogen and oxygen atoms in total. The van der Waals surface area contributed by atoms with Gasteiger partial charge in [0.05, 0.1) is 5.56 Å². The van der Waals surface area contributed by atoms with Gasteiger partial charge in [-0.15, -0.1) is 10.2 Å². The number of carbonyl (C=O) groups is 2. The summed E-state index contributed by atoms with van der Waals surface area (Å²) in [5.74, 6) is -1.01. The normalized spacial score (nSPS) is 10.1. The Morgan fingerprint density at radius 1 is 1.20 bits per heavy atom. The lowest BCUT2D eigenvalue weighted by atomic mass is 10.1. The van der Waals surface area contributed by atoms with Crippen LogP contribution in [0.1, 0.15) is 20.9 Å². The van der Waals surface area contributed by atoms with Crippen LogP contribution in [0.2, 0.25) is 0 Å². The van der Waals surface area contributed by atoms with Crippen molar-refractivity contribution in [3.8, 4) is 0 Å². The van der Waals surface area contributed by atoms with Crippen LogP contribution in [0.5, 0.6) is 0 Å². The van der Waals surface area contributed by atoms with E-state index in [2.05, 4.69) is 20.8 Å². The maximum absolute atomic E-state index is 11.8. The summed E-state index contributed by atoms with van der Waals surface area (Å²) in [5, 5.41) is 22.8. The summed E-state index contributed by atoms with van der Waals surface area (Å²) in [6.07, 6.45) is 0. The minimum absolute atomic E-state index is 0.174. The van der Waals surface area contributed by atoms with Crippen LogP contribution in [0.25, 0.3) is 0 Å². The highest BCUT2D eigenvalue weighted by Crippen LogP contribution is 2.18. The third-order valence-corrected chi connectivity index (χ3v) is 3.22. The Morgan fingerprint density at radius 2 is 1.95 bits per heavy atom. The number of nitrogens with one attached hydrogen (secondary N) is 2. The zero-order valence-electron chi connectivity index (χ0n) is 10.8. The highest BCUT2D eigenvalue weighted by atomic mass is 32.1. The molecule has 0 spiro atoms. The number of urea groups is 1. The molecule has 0 aliphatic heterocycles. The SMILES string of the molecule is Cc1nnc(NC(=O)Nc2ccc(C(=O)O)cc2C)s1. The number of aromatic carboxylic acids is 1. The third kappa shape index (κ3) is 3.29. The van der Waals surface area contributed by atoms with Crippen LogP contribution < -0.4 is 10.6 Å². The minimum atomic E-state index is -1.01. The first kappa shape index (κ1) is 13.9. The van der Waals surface area contributed by atoms with Crippen LogP contribution in [0.15, 0.2) is 18.2 Å². The van der Waals surface area contributed by atoms with E-state index in [4.69, 9.17) is 5.11 Å². The average molecular weight is 292 g/mol. The van der Waals surface area contributed by atoms with Crippen LogP contribution >= 0.6 is 11.3 Å². The molecule has 0 radical (unpaired) electrons. The topological polar surface area (TPSA) is 104 Å². The molecular formula is C12H12N4O3S. The van der Waals surface area contributed by atoms with Crippen molar-refractivity contribution in [1.29, 1.82) is 0 Å². The number of hydrogen-bond donors (Lipinski definition) is 3. The predicted octanol–water partition coefficient (Wildman–Crippen LogP) is 2.50. The van der Waals surface area contributed by atoms with Crippen LogP contribution in [-0.4, -0.2) is 27.3 Å². The first-order valence-electron chi connectivity index (χ1n) is 5.68. The second-order valence-electron chi connectivity index (χ2n) is 4.04. The van der Waals surface area contributed by atoms with Gasteiger partial charge in [-0.3, -0.25) is 5.32 Å². The van der Waals surface area contributed by atoms with Gasteiger partial charge in [-0.2, -0.15) is 0 Å². The van der Waals surface area contributed by atoms with E-state index in [1.54, 1.807) is 19.9 Å². The molecule has 0 aliphatic rings. The van der Waals surface area contributed by atoms with E-state index in [-0.39, 0.29) is 5.56 Å². The van der Waals surface area contributed by atoms with Gasteiger partial charge in [-0.1, -0.05) is 11.3 Å². The zero-order valence-corrected chi connectivity index (χ0v) is 11.6. The van der Waals surface area contributed by atoms with E-state index in [0.29, 0.717) is 16.4 Å². The van der Waals surface area contributed by atoms with E-state index >= 15 is 0 Å². The summed E-state index contributed by atoms with van der Waals surface area (Å²) in [6, 6.07) is 4.02. The lowest BCUT2D eigenvalue weighted by Crippen LogP contribution is -2.20.